The molecule has 1 N–H and O–H groups in total. The summed E-state index contributed by atoms with van der Waals surface area (Å²) in [5.41, 5.74) is -0.192. The van der Waals surface area contributed by atoms with Crippen molar-refractivity contribution in [3.05, 3.63) is 62.1 Å². The number of nitrogens with one attached hydrogen (secondary N) is 1. The third-order valence-electron chi connectivity index (χ3n) is 3.25. The Morgan fingerprint density at radius 1 is 1.22 bits per heavy atom. The van der Waals surface area contributed by atoms with E-state index in [1.165, 1.54) is 18.2 Å². The van der Waals surface area contributed by atoms with Gasteiger partial charge < -0.3 is 14.8 Å². The summed E-state index contributed by atoms with van der Waals surface area (Å²) in [5, 5.41) is 13.9. The summed E-state index contributed by atoms with van der Waals surface area (Å²) < 4.78 is 10.0. The van der Waals surface area contributed by atoms with Crippen LogP contribution >= 0.6 is 23.2 Å². The quantitative estimate of drug-likeness (QED) is 0.416. The second kappa shape index (κ2) is 9.20. The third kappa shape index (κ3) is 5.32. The van der Waals surface area contributed by atoms with Crippen LogP contribution in [0.25, 0.3) is 0 Å². The molecule has 2 aromatic rings. The van der Waals surface area contributed by atoms with Crippen molar-refractivity contribution < 1.29 is 24.0 Å². The van der Waals surface area contributed by atoms with E-state index in [1.807, 2.05) is 0 Å². The van der Waals surface area contributed by atoms with Crippen LogP contribution in [0.4, 0.5) is 11.4 Å². The molecule has 0 unspecified atom stereocenters. The molecular weight excluding hydrogens is 399 g/mol. The Morgan fingerprint density at radius 2 is 1.96 bits per heavy atom. The van der Waals surface area contributed by atoms with E-state index >= 15 is 0 Å². The van der Waals surface area contributed by atoms with Crippen molar-refractivity contribution >= 4 is 46.5 Å². The van der Waals surface area contributed by atoms with Crippen LogP contribution in [-0.2, 0) is 9.53 Å². The fourth-order valence-electron chi connectivity index (χ4n) is 2.07. The first kappa shape index (κ1) is 20.5. The van der Waals surface area contributed by atoms with Crippen molar-refractivity contribution in [2.45, 2.75) is 6.92 Å². The average Bonchev–Trinajstić information content (AvgIpc) is 2.64. The van der Waals surface area contributed by atoms with Gasteiger partial charge in [0.2, 0.25) is 0 Å². The van der Waals surface area contributed by atoms with Crippen molar-refractivity contribution in [3.63, 3.8) is 0 Å². The summed E-state index contributed by atoms with van der Waals surface area (Å²) in [6.45, 7) is 1.30. The number of rotatable bonds is 7. The van der Waals surface area contributed by atoms with Crippen LogP contribution in [0, 0.1) is 10.1 Å². The van der Waals surface area contributed by atoms with Gasteiger partial charge in [-0.25, -0.2) is 4.79 Å². The number of halogens is 2. The van der Waals surface area contributed by atoms with Gasteiger partial charge in [-0.1, -0.05) is 29.3 Å². The van der Waals surface area contributed by atoms with Crippen LogP contribution in [0.15, 0.2) is 36.4 Å². The molecule has 0 aliphatic rings. The second-order valence-corrected chi connectivity index (χ2v) is 5.88. The Kier molecular flexibility index (Phi) is 6.98. The highest BCUT2D eigenvalue weighted by Gasteiger charge is 2.20. The summed E-state index contributed by atoms with van der Waals surface area (Å²) in [4.78, 5) is 34.4. The lowest BCUT2D eigenvalue weighted by Gasteiger charge is -2.09. The van der Waals surface area contributed by atoms with Gasteiger partial charge in [-0.2, -0.15) is 0 Å². The number of amides is 1. The molecule has 0 fully saturated rings. The van der Waals surface area contributed by atoms with Crippen LogP contribution < -0.4 is 10.1 Å². The zero-order valence-electron chi connectivity index (χ0n) is 14.0. The topological polar surface area (TPSA) is 108 Å². The van der Waals surface area contributed by atoms with Gasteiger partial charge in [0, 0.05) is 6.07 Å². The summed E-state index contributed by atoms with van der Waals surface area (Å²) >= 11 is 11.8. The summed E-state index contributed by atoms with van der Waals surface area (Å²) in [5.74, 6) is -1.51. The Bertz CT molecular complexity index is 888. The molecule has 10 heteroatoms. The average molecular weight is 413 g/mol. The van der Waals surface area contributed by atoms with E-state index in [-0.39, 0.29) is 39.3 Å². The molecule has 0 atom stereocenters. The molecule has 142 valence electrons. The molecule has 0 aliphatic heterocycles. The van der Waals surface area contributed by atoms with E-state index in [1.54, 1.807) is 19.1 Å². The molecule has 2 aromatic carbocycles. The van der Waals surface area contributed by atoms with E-state index in [9.17, 15) is 19.7 Å². The minimum Gasteiger partial charge on any atom is -0.487 e. The normalized spacial score (nSPS) is 10.2. The maximum absolute atomic E-state index is 12.1. The standard InChI is InChI=1S/C17H14Cl2N2O6/c1-2-26-14-7-6-10(8-13(14)21(24)25)17(23)27-9-15(22)20-12-5-3-4-11(18)16(12)19/h3-8H,2,9H2,1H3,(H,20,22). The smallest absolute Gasteiger partial charge is 0.338 e. The molecule has 0 saturated carbocycles. The lowest BCUT2D eigenvalue weighted by atomic mass is 10.2. The first-order chi connectivity index (χ1) is 12.8. The first-order valence-electron chi connectivity index (χ1n) is 7.65. The zero-order valence-corrected chi connectivity index (χ0v) is 15.5. The lowest BCUT2D eigenvalue weighted by molar-refractivity contribution is -0.385. The van der Waals surface area contributed by atoms with Gasteiger partial charge in [-0.15, -0.1) is 0 Å². The number of anilines is 1. The van der Waals surface area contributed by atoms with Crippen molar-refractivity contribution in [2.24, 2.45) is 0 Å². The highest BCUT2D eigenvalue weighted by Crippen LogP contribution is 2.30. The minimum absolute atomic E-state index is 0.0346. The largest absolute Gasteiger partial charge is 0.487 e. The lowest BCUT2D eigenvalue weighted by Crippen LogP contribution is -2.21. The SMILES string of the molecule is CCOc1ccc(C(=O)OCC(=O)Nc2cccc(Cl)c2Cl)cc1[N+](=O)[O-]. The van der Waals surface area contributed by atoms with E-state index in [2.05, 4.69) is 5.32 Å². The number of carbonyl (C=O) groups is 2. The van der Waals surface area contributed by atoms with Crippen LogP contribution in [0.2, 0.25) is 10.0 Å². The van der Waals surface area contributed by atoms with Gasteiger partial charge in [0.25, 0.3) is 5.91 Å². The van der Waals surface area contributed by atoms with Gasteiger partial charge in [-0.3, -0.25) is 14.9 Å². The van der Waals surface area contributed by atoms with Gasteiger partial charge in [-0.05, 0) is 31.2 Å². The second-order valence-electron chi connectivity index (χ2n) is 5.10. The Morgan fingerprint density at radius 3 is 2.63 bits per heavy atom. The predicted molar refractivity (Wildman–Crippen MR) is 99.6 cm³/mol. The predicted octanol–water partition coefficient (Wildman–Crippen LogP) is 4.10. The summed E-state index contributed by atoms with van der Waals surface area (Å²) in [6.07, 6.45) is 0. The minimum atomic E-state index is -0.895. The molecule has 8 nitrogen and oxygen atoms in total. The first-order valence-corrected chi connectivity index (χ1v) is 8.41. The summed E-state index contributed by atoms with van der Waals surface area (Å²) in [7, 11) is 0. The third-order valence-corrected chi connectivity index (χ3v) is 4.07. The highest BCUT2D eigenvalue weighted by atomic mass is 35.5. The number of hydrogen-bond acceptors (Lipinski definition) is 6. The fraction of sp³-hybridized carbons (Fsp3) is 0.176. The molecular formula is C17H14Cl2N2O6. The van der Waals surface area contributed by atoms with Crippen molar-refractivity contribution in [2.75, 3.05) is 18.5 Å². The number of ether oxygens (including phenoxy) is 2. The Labute approximate surface area is 164 Å². The molecule has 0 spiro atoms. The highest BCUT2D eigenvalue weighted by molar-refractivity contribution is 6.44. The van der Waals surface area contributed by atoms with Crippen LogP contribution in [0.3, 0.4) is 0 Å². The Balaban J connectivity index is 2.02. The van der Waals surface area contributed by atoms with Crippen molar-refractivity contribution in [1.29, 1.82) is 0 Å². The van der Waals surface area contributed by atoms with Crippen molar-refractivity contribution in [3.8, 4) is 5.75 Å². The van der Waals surface area contributed by atoms with Crippen LogP contribution in [-0.4, -0.2) is 30.0 Å². The van der Waals surface area contributed by atoms with Gasteiger partial charge in [0.05, 0.1) is 32.8 Å². The van der Waals surface area contributed by atoms with E-state index < -0.39 is 23.4 Å². The van der Waals surface area contributed by atoms with E-state index in [4.69, 9.17) is 32.7 Å². The number of nitrogens with zero attached hydrogens (tertiary/aromatic N) is 1. The molecule has 0 saturated heterocycles. The van der Waals surface area contributed by atoms with Crippen molar-refractivity contribution in [1.82, 2.24) is 0 Å². The number of esters is 1. The molecule has 0 radical (unpaired) electrons. The number of benzene rings is 2. The molecule has 2 rings (SSSR count). The maximum atomic E-state index is 12.1. The van der Waals surface area contributed by atoms with Crippen LogP contribution in [0.5, 0.6) is 5.75 Å². The molecule has 0 bridgehead atoms. The van der Waals surface area contributed by atoms with Gasteiger partial charge in [0.1, 0.15) is 0 Å². The fourth-order valence-corrected chi connectivity index (χ4v) is 2.41. The van der Waals surface area contributed by atoms with Gasteiger partial charge >= 0.3 is 11.7 Å². The molecule has 0 aliphatic carbocycles. The van der Waals surface area contributed by atoms with E-state index in [0.717, 1.165) is 6.07 Å². The number of nitro groups is 1. The molecule has 0 aromatic heterocycles. The number of carbonyl (C=O) groups excluding carboxylic acids is 2. The molecule has 0 heterocycles. The monoisotopic (exact) mass is 412 g/mol. The zero-order chi connectivity index (χ0) is 20.0. The number of nitro benzene ring substituents is 1. The van der Waals surface area contributed by atoms with Gasteiger partial charge in [0.15, 0.2) is 12.4 Å². The number of hydrogen-bond donors (Lipinski definition) is 1. The van der Waals surface area contributed by atoms with E-state index in [0.29, 0.717) is 0 Å². The summed E-state index contributed by atoms with van der Waals surface area (Å²) in [6, 6.07) is 8.31. The van der Waals surface area contributed by atoms with Crippen LogP contribution in [0.1, 0.15) is 17.3 Å². The molecule has 1 amide bonds. The maximum Gasteiger partial charge on any atom is 0.338 e. The Hall–Kier alpha value is -2.84. The molecule has 27 heavy (non-hydrogen) atoms.